The quantitative estimate of drug-likeness (QED) is 0.167. The molecule has 148 valence electrons. The number of aliphatic hydroxyl groups is 1. The summed E-state index contributed by atoms with van der Waals surface area (Å²) in [5.41, 5.74) is 0.484. The Bertz CT molecular complexity index is 312. The molecule has 0 amide bonds. The summed E-state index contributed by atoms with van der Waals surface area (Å²) in [6.45, 7) is 6.14. The molecule has 3 heteroatoms. The Morgan fingerprint density at radius 1 is 0.680 bits per heavy atom. The third-order valence-corrected chi connectivity index (χ3v) is 4.63. The van der Waals surface area contributed by atoms with Crippen molar-refractivity contribution in [2.75, 3.05) is 13.2 Å². The SMILES string of the molecule is C=C(C)C(=O)OCCCCCCCCCCCCCCCCCCO. The van der Waals surface area contributed by atoms with Crippen molar-refractivity contribution in [1.82, 2.24) is 0 Å². The maximum Gasteiger partial charge on any atom is 0.333 e. The van der Waals surface area contributed by atoms with E-state index in [0.717, 1.165) is 19.3 Å². The summed E-state index contributed by atoms with van der Waals surface area (Å²) >= 11 is 0. The Morgan fingerprint density at radius 3 is 1.32 bits per heavy atom. The number of rotatable bonds is 19. The Morgan fingerprint density at radius 2 is 1.00 bits per heavy atom. The number of ether oxygens (including phenoxy) is 1. The highest BCUT2D eigenvalue weighted by Crippen LogP contribution is 2.13. The number of carbonyl (C=O) groups is 1. The average molecular weight is 355 g/mol. The van der Waals surface area contributed by atoms with Crippen molar-refractivity contribution in [1.29, 1.82) is 0 Å². The summed E-state index contributed by atoms with van der Waals surface area (Å²) in [5.74, 6) is -0.262. The molecule has 25 heavy (non-hydrogen) atoms. The van der Waals surface area contributed by atoms with Gasteiger partial charge in [-0.1, -0.05) is 96.5 Å². The molecule has 0 atom stereocenters. The van der Waals surface area contributed by atoms with E-state index in [1.54, 1.807) is 6.92 Å². The van der Waals surface area contributed by atoms with Crippen molar-refractivity contribution in [3.05, 3.63) is 12.2 Å². The van der Waals surface area contributed by atoms with Gasteiger partial charge in [0.25, 0.3) is 0 Å². The lowest BCUT2D eigenvalue weighted by Crippen LogP contribution is -2.05. The maximum absolute atomic E-state index is 11.2. The summed E-state index contributed by atoms with van der Waals surface area (Å²) < 4.78 is 5.08. The highest BCUT2D eigenvalue weighted by molar-refractivity contribution is 5.86. The average Bonchev–Trinajstić information content (AvgIpc) is 2.60. The van der Waals surface area contributed by atoms with Crippen LogP contribution in [0.25, 0.3) is 0 Å². The second-order valence-electron chi connectivity index (χ2n) is 7.30. The lowest BCUT2D eigenvalue weighted by atomic mass is 10.0. The first-order valence-corrected chi connectivity index (χ1v) is 10.6. The van der Waals surface area contributed by atoms with E-state index < -0.39 is 0 Å². The second kappa shape index (κ2) is 19.5. The number of hydrogen-bond acceptors (Lipinski definition) is 3. The van der Waals surface area contributed by atoms with E-state index in [-0.39, 0.29) is 5.97 Å². The van der Waals surface area contributed by atoms with E-state index in [2.05, 4.69) is 6.58 Å². The van der Waals surface area contributed by atoms with Crippen molar-refractivity contribution in [2.24, 2.45) is 0 Å². The molecule has 0 saturated heterocycles. The molecular formula is C22H42O3. The molecule has 0 aliphatic carbocycles. The standard InChI is InChI=1S/C22H42O3/c1-21(2)22(24)25-20-18-16-14-12-10-8-6-4-3-5-7-9-11-13-15-17-19-23/h23H,1,3-20H2,2H3. The van der Waals surface area contributed by atoms with Crippen molar-refractivity contribution in [2.45, 2.75) is 110 Å². The van der Waals surface area contributed by atoms with Gasteiger partial charge in [0.1, 0.15) is 0 Å². The maximum atomic E-state index is 11.2. The molecule has 0 aliphatic heterocycles. The minimum absolute atomic E-state index is 0.262. The molecule has 0 aromatic rings. The van der Waals surface area contributed by atoms with Crippen LogP contribution in [0, 0.1) is 0 Å². The van der Waals surface area contributed by atoms with Crippen LogP contribution in [0.2, 0.25) is 0 Å². The van der Waals surface area contributed by atoms with E-state index in [4.69, 9.17) is 9.84 Å². The number of esters is 1. The molecule has 0 saturated carbocycles. The highest BCUT2D eigenvalue weighted by atomic mass is 16.5. The van der Waals surface area contributed by atoms with E-state index >= 15 is 0 Å². The predicted molar refractivity (Wildman–Crippen MR) is 107 cm³/mol. The lowest BCUT2D eigenvalue weighted by molar-refractivity contribution is -0.139. The number of aliphatic hydroxyl groups excluding tert-OH is 1. The zero-order chi connectivity index (χ0) is 18.6. The van der Waals surface area contributed by atoms with Crippen LogP contribution in [0.15, 0.2) is 12.2 Å². The van der Waals surface area contributed by atoms with Gasteiger partial charge in [-0.05, 0) is 19.8 Å². The first kappa shape index (κ1) is 24.2. The summed E-state index contributed by atoms with van der Waals surface area (Å²) in [7, 11) is 0. The van der Waals surface area contributed by atoms with Crippen molar-refractivity contribution in [3.8, 4) is 0 Å². The van der Waals surface area contributed by atoms with Crippen LogP contribution in [0.1, 0.15) is 110 Å². The molecule has 0 aliphatic rings. The normalized spacial score (nSPS) is 10.8. The van der Waals surface area contributed by atoms with Crippen LogP contribution in [0.5, 0.6) is 0 Å². The summed E-state index contributed by atoms with van der Waals surface area (Å²) in [5, 5.41) is 8.71. The summed E-state index contributed by atoms with van der Waals surface area (Å²) in [6, 6.07) is 0. The van der Waals surface area contributed by atoms with Crippen molar-refractivity contribution >= 4 is 5.97 Å². The molecule has 3 nitrogen and oxygen atoms in total. The molecular weight excluding hydrogens is 312 g/mol. The van der Waals surface area contributed by atoms with Crippen LogP contribution >= 0.6 is 0 Å². The van der Waals surface area contributed by atoms with Crippen LogP contribution in [-0.2, 0) is 9.53 Å². The molecule has 0 rings (SSSR count). The number of carbonyl (C=O) groups excluding carboxylic acids is 1. The fourth-order valence-electron chi connectivity index (χ4n) is 2.98. The summed E-state index contributed by atoms with van der Waals surface area (Å²) in [6.07, 6.45) is 20.5. The molecule has 0 fully saturated rings. The lowest BCUT2D eigenvalue weighted by Gasteiger charge is -2.05. The minimum Gasteiger partial charge on any atom is -0.462 e. The van der Waals surface area contributed by atoms with E-state index in [9.17, 15) is 4.79 Å². The van der Waals surface area contributed by atoms with Gasteiger partial charge >= 0.3 is 5.97 Å². The molecule has 0 heterocycles. The van der Waals surface area contributed by atoms with Crippen LogP contribution < -0.4 is 0 Å². The van der Waals surface area contributed by atoms with Gasteiger partial charge in [-0.25, -0.2) is 4.79 Å². The van der Waals surface area contributed by atoms with Gasteiger partial charge in [0.2, 0.25) is 0 Å². The zero-order valence-corrected chi connectivity index (χ0v) is 16.7. The predicted octanol–water partition coefficient (Wildman–Crippen LogP) is 6.34. The van der Waals surface area contributed by atoms with Gasteiger partial charge in [-0.2, -0.15) is 0 Å². The fourth-order valence-corrected chi connectivity index (χ4v) is 2.98. The molecule has 0 aromatic carbocycles. The first-order chi connectivity index (χ1) is 12.2. The zero-order valence-electron chi connectivity index (χ0n) is 16.7. The Kier molecular flexibility index (Phi) is 18.8. The Hall–Kier alpha value is -0.830. The third kappa shape index (κ3) is 19.3. The molecule has 0 spiro atoms. The smallest absolute Gasteiger partial charge is 0.333 e. The molecule has 1 N–H and O–H groups in total. The van der Waals surface area contributed by atoms with E-state index in [1.165, 1.54) is 83.5 Å². The van der Waals surface area contributed by atoms with Gasteiger partial charge in [0, 0.05) is 12.2 Å². The monoisotopic (exact) mass is 354 g/mol. The highest BCUT2D eigenvalue weighted by Gasteiger charge is 2.01. The largest absolute Gasteiger partial charge is 0.462 e. The Balaban J connectivity index is 3.05. The van der Waals surface area contributed by atoms with Gasteiger partial charge < -0.3 is 9.84 Å². The van der Waals surface area contributed by atoms with Crippen molar-refractivity contribution in [3.63, 3.8) is 0 Å². The third-order valence-electron chi connectivity index (χ3n) is 4.63. The van der Waals surface area contributed by atoms with E-state index in [0.29, 0.717) is 18.8 Å². The fraction of sp³-hybridized carbons (Fsp3) is 0.864. The molecule has 0 aromatic heterocycles. The van der Waals surface area contributed by atoms with Crippen LogP contribution in [0.3, 0.4) is 0 Å². The molecule has 0 bridgehead atoms. The van der Waals surface area contributed by atoms with Gasteiger partial charge in [0.05, 0.1) is 6.61 Å². The molecule has 0 unspecified atom stereocenters. The second-order valence-corrected chi connectivity index (χ2v) is 7.30. The Labute approximate surface area is 156 Å². The van der Waals surface area contributed by atoms with Crippen LogP contribution in [-0.4, -0.2) is 24.3 Å². The molecule has 0 radical (unpaired) electrons. The topological polar surface area (TPSA) is 46.5 Å². The summed E-state index contributed by atoms with van der Waals surface area (Å²) in [4.78, 5) is 11.2. The van der Waals surface area contributed by atoms with Crippen LogP contribution in [0.4, 0.5) is 0 Å². The number of unbranched alkanes of at least 4 members (excludes halogenated alkanes) is 15. The van der Waals surface area contributed by atoms with Gasteiger partial charge in [-0.3, -0.25) is 0 Å². The van der Waals surface area contributed by atoms with Gasteiger partial charge in [0.15, 0.2) is 0 Å². The number of hydrogen-bond donors (Lipinski definition) is 1. The van der Waals surface area contributed by atoms with Gasteiger partial charge in [-0.15, -0.1) is 0 Å². The van der Waals surface area contributed by atoms with Crippen molar-refractivity contribution < 1.29 is 14.6 Å². The first-order valence-electron chi connectivity index (χ1n) is 10.6. The minimum atomic E-state index is -0.262. The van der Waals surface area contributed by atoms with E-state index in [1.807, 2.05) is 0 Å².